The minimum Gasteiger partial charge on any atom is -0.447 e. The first-order chi connectivity index (χ1) is 11.2. The van der Waals surface area contributed by atoms with E-state index in [0.717, 1.165) is 37.7 Å². The summed E-state index contributed by atoms with van der Waals surface area (Å²) < 4.78 is 19.3. The molecule has 0 unspecified atom stereocenters. The zero-order valence-electron chi connectivity index (χ0n) is 12.8. The molecule has 120 valence electrons. The highest BCUT2D eigenvalue weighted by molar-refractivity contribution is 5.93. The molecule has 1 amide bonds. The molecular formula is C18H19FN2O2. The van der Waals surface area contributed by atoms with Crippen LogP contribution >= 0.6 is 0 Å². The molecule has 2 aromatic rings. The Kier molecular flexibility index (Phi) is 3.63. The monoisotopic (exact) mass is 314 g/mol. The molecule has 0 aliphatic heterocycles. The topological polar surface area (TPSA) is 55.1 Å². The van der Waals surface area contributed by atoms with E-state index >= 15 is 0 Å². The third-order valence-corrected chi connectivity index (χ3v) is 4.87. The van der Waals surface area contributed by atoms with Crippen LogP contribution in [-0.4, -0.2) is 16.9 Å². The number of halogens is 1. The van der Waals surface area contributed by atoms with Crippen molar-refractivity contribution in [3.63, 3.8) is 0 Å². The fraction of sp³-hybridized carbons (Fsp3) is 0.444. The molecule has 1 N–H and O–H groups in total. The van der Waals surface area contributed by atoms with Crippen LogP contribution in [0.4, 0.5) is 4.39 Å². The fourth-order valence-corrected chi connectivity index (χ4v) is 3.52. The van der Waals surface area contributed by atoms with Crippen molar-refractivity contribution in [3.05, 3.63) is 53.5 Å². The molecule has 5 heteroatoms. The van der Waals surface area contributed by atoms with Crippen LogP contribution in [0.25, 0.3) is 0 Å². The molecule has 0 radical (unpaired) electrons. The first kappa shape index (κ1) is 14.4. The number of carbonyl (C=O) groups excluding carboxylic acids is 1. The number of nitrogens with zero attached hydrogens (tertiary/aromatic N) is 1. The Bertz CT molecular complexity index is 723. The van der Waals surface area contributed by atoms with Crippen LogP contribution in [0.1, 0.15) is 65.8 Å². The van der Waals surface area contributed by atoms with E-state index in [1.54, 1.807) is 6.07 Å². The second kappa shape index (κ2) is 5.80. The first-order valence-electron chi connectivity index (χ1n) is 8.21. The maximum absolute atomic E-state index is 13.9. The zero-order chi connectivity index (χ0) is 15.8. The van der Waals surface area contributed by atoms with Crippen molar-refractivity contribution >= 4 is 5.91 Å². The number of nitrogens with one attached hydrogen (secondary N) is 1. The van der Waals surface area contributed by atoms with Gasteiger partial charge in [-0.05, 0) is 49.7 Å². The summed E-state index contributed by atoms with van der Waals surface area (Å²) in [4.78, 5) is 16.5. The third kappa shape index (κ3) is 2.87. The van der Waals surface area contributed by atoms with Crippen LogP contribution in [0, 0.1) is 5.82 Å². The van der Waals surface area contributed by atoms with Gasteiger partial charge < -0.3 is 9.73 Å². The molecule has 4 nitrogen and oxygen atoms in total. The summed E-state index contributed by atoms with van der Waals surface area (Å²) in [5, 5.41) is 3.04. The zero-order valence-corrected chi connectivity index (χ0v) is 12.8. The molecular weight excluding hydrogens is 295 g/mol. The van der Waals surface area contributed by atoms with Crippen LogP contribution in [0.5, 0.6) is 0 Å². The molecule has 2 saturated carbocycles. The van der Waals surface area contributed by atoms with Gasteiger partial charge in [0.1, 0.15) is 11.6 Å². The molecule has 1 aromatic carbocycles. The van der Waals surface area contributed by atoms with Gasteiger partial charge in [-0.1, -0.05) is 18.2 Å². The van der Waals surface area contributed by atoms with Crippen molar-refractivity contribution in [2.75, 3.05) is 0 Å². The van der Waals surface area contributed by atoms with E-state index in [-0.39, 0.29) is 23.7 Å². The molecule has 0 bridgehead atoms. The van der Waals surface area contributed by atoms with E-state index in [1.165, 1.54) is 12.5 Å². The lowest BCUT2D eigenvalue weighted by Crippen LogP contribution is -2.33. The number of oxazole rings is 1. The van der Waals surface area contributed by atoms with Crippen molar-refractivity contribution in [2.45, 2.75) is 50.0 Å². The number of hydrogen-bond donors (Lipinski definition) is 1. The van der Waals surface area contributed by atoms with Gasteiger partial charge in [0.05, 0.1) is 0 Å². The highest BCUT2D eigenvalue weighted by atomic mass is 19.1. The lowest BCUT2D eigenvalue weighted by atomic mass is 9.97. The quantitative estimate of drug-likeness (QED) is 0.935. The molecule has 2 atom stereocenters. The van der Waals surface area contributed by atoms with E-state index in [4.69, 9.17) is 4.42 Å². The van der Waals surface area contributed by atoms with E-state index in [9.17, 15) is 9.18 Å². The van der Waals surface area contributed by atoms with E-state index < -0.39 is 0 Å². The Labute approximate surface area is 134 Å². The van der Waals surface area contributed by atoms with Crippen molar-refractivity contribution in [1.29, 1.82) is 0 Å². The molecule has 1 heterocycles. The summed E-state index contributed by atoms with van der Waals surface area (Å²) in [5.41, 5.74) is 1.17. The van der Waals surface area contributed by atoms with Gasteiger partial charge >= 0.3 is 0 Å². The van der Waals surface area contributed by atoms with Gasteiger partial charge in [0.2, 0.25) is 0 Å². The Morgan fingerprint density at radius 1 is 1.17 bits per heavy atom. The van der Waals surface area contributed by atoms with E-state index in [1.807, 2.05) is 12.1 Å². The highest BCUT2D eigenvalue weighted by Crippen LogP contribution is 2.41. The van der Waals surface area contributed by atoms with Gasteiger partial charge in [-0.2, -0.15) is 0 Å². The molecule has 0 saturated heterocycles. The van der Waals surface area contributed by atoms with Crippen molar-refractivity contribution in [3.8, 4) is 0 Å². The molecule has 2 aliphatic carbocycles. The second-order valence-corrected chi connectivity index (χ2v) is 6.54. The largest absolute Gasteiger partial charge is 0.447 e. The SMILES string of the molecule is O=C(N[C@H]1CC[C@H](c2ccccc2F)C1)c1ncoc1C1CC1. The molecule has 2 fully saturated rings. The van der Waals surface area contributed by atoms with Gasteiger partial charge in [-0.25, -0.2) is 9.37 Å². The summed E-state index contributed by atoms with van der Waals surface area (Å²) >= 11 is 0. The van der Waals surface area contributed by atoms with Crippen LogP contribution in [0.15, 0.2) is 35.1 Å². The van der Waals surface area contributed by atoms with Gasteiger partial charge in [0.15, 0.2) is 12.1 Å². The maximum Gasteiger partial charge on any atom is 0.273 e. The average molecular weight is 314 g/mol. The normalized spacial score (nSPS) is 23.9. The van der Waals surface area contributed by atoms with E-state index in [0.29, 0.717) is 17.4 Å². The Hall–Kier alpha value is -2.17. The van der Waals surface area contributed by atoms with Gasteiger partial charge in [-0.15, -0.1) is 0 Å². The van der Waals surface area contributed by atoms with E-state index in [2.05, 4.69) is 10.3 Å². The number of rotatable bonds is 4. The first-order valence-corrected chi connectivity index (χ1v) is 8.21. The van der Waals surface area contributed by atoms with Crippen LogP contribution in [-0.2, 0) is 0 Å². The van der Waals surface area contributed by atoms with Gasteiger partial charge in [-0.3, -0.25) is 4.79 Å². The van der Waals surface area contributed by atoms with Crippen molar-refractivity contribution in [1.82, 2.24) is 10.3 Å². The summed E-state index contributed by atoms with van der Waals surface area (Å²) in [6, 6.07) is 6.97. The summed E-state index contributed by atoms with van der Waals surface area (Å²) in [7, 11) is 0. The van der Waals surface area contributed by atoms with Crippen LogP contribution < -0.4 is 5.32 Å². The summed E-state index contributed by atoms with van der Waals surface area (Å²) in [6.45, 7) is 0. The maximum atomic E-state index is 13.9. The fourth-order valence-electron chi connectivity index (χ4n) is 3.52. The number of amides is 1. The average Bonchev–Trinajstić information content (AvgIpc) is 3.09. The van der Waals surface area contributed by atoms with Crippen molar-refractivity contribution in [2.24, 2.45) is 0 Å². The highest BCUT2D eigenvalue weighted by Gasteiger charge is 2.34. The Balaban J connectivity index is 1.41. The van der Waals surface area contributed by atoms with Crippen molar-refractivity contribution < 1.29 is 13.6 Å². The molecule has 0 spiro atoms. The third-order valence-electron chi connectivity index (χ3n) is 4.87. The van der Waals surface area contributed by atoms with Gasteiger partial charge in [0, 0.05) is 12.0 Å². The van der Waals surface area contributed by atoms with Crippen LogP contribution in [0.2, 0.25) is 0 Å². The predicted molar refractivity (Wildman–Crippen MR) is 82.7 cm³/mol. The smallest absolute Gasteiger partial charge is 0.273 e. The number of carbonyl (C=O) groups is 1. The molecule has 4 rings (SSSR count). The lowest BCUT2D eigenvalue weighted by molar-refractivity contribution is 0.0931. The minimum atomic E-state index is -0.167. The molecule has 23 heavy (non-hydrogen) atoms. The Morgan fingerprint density at radius 2 is 1.96 bits per heavy atom. The lowest BCUT2D eigenvalue weighted by Gasteiger charge is -2.14. The number of hydrogen-bond acceptors (Lipinski definition) is 3. The molecule has 1 aromatic heterocycles. The predicted octanol–water partition coefficient (Wildman–Crippen LogP) is 3.76. The second-order valence-electron chi connectivity index (χ2n) is 6.54. The summed E-state index contributed by atoms with van der Waals surface area (Å²) in [5.74, 6) is 0.915. The standard InChI is InChI=1S/C18H19FN2O2/c19-15-4-2-1-3-14(15)12-7-8-13(9-12)21-18(22)16-17(11-5-6-11)23-10-20-16/h1-4,10-13H,5-9H2,(H,21,22)/t12-,13-/m0/s1. The number of benzene rings is 1. The van der Waals surface area contributed by atoms with Crippen LogP contribution in [0.3, 0.4) is 0 Å². The number of aromatic nitrogens is 1. The van der Waals surface area contributed by atoms with Gasteiger partial charge in [0.25, 0.3) is 5.91 Å². The minimum absolute atomic E-state index is 0.0656. The summed E-state index contributed by atoms with van der Waals surface area (Å²) in [6.07, 6.45) is 5.99. The molecule has 2 aliphatic rings. The Morgan fingerprint density at radius 3 is 2.74 bits per heavy atom.